The molecule has 0 aliphatic rings. The summed E-state index contributed by atoms with van der Waals surface area (Å²) in [6.45, 7) is 0.327. The van der Waals surface area contributed by atoms with Gasteiger partial charge in [-0.05, 0) is 23.8 Å². The zero-order valence-electron chi connectivity index (χ0n) is 16.5. The third kappa shape index (κ3) is 5.07. The molecule has 0 unspecified atom stereocenters. The van der Waals surface area contributed by atoms with E-state index in [-0.39, 0.29) is 17.2 Å². The average Bonchev–Trinajstić information content (AvgIpc) is 2.81. The highest BCUT2D eigenvalue weighted by molar-refractivity contribution is 7.99. The maximum Gasteiger partial charge on any atom is 0.335 e. The van der Waals surface area contributed by atoms with E-state index in [4.69, 9.17) is 10.1 Å². The summed E-state index contributed by atoms with van der Waals surface area (Å²) in [4.78, 5) is 32.5. The number of benzene rings is 3. The molecule has 4 rings (SSSR count). The fourth-order valence-corrected chi connectivity index (χ4v) is 3.76. The van der Waals surface area contributed by atoms with E-state index in [1.807, 2.05) is 54.6 Å². The molecule has 1 aromatic heterocycles. The minimum Gasteiger partial charge on any atom is -0.478 e. The lowest BCUT2D eigenvalue weighted by Crippen LogP contribution is -2.24. The molecule has 0 aliphatic heterocycles. The summed E-state index contributed by atoms with van der Waals surface area (Å²) in [5.41, 5.74) is 3.72. The molecule has 0 saturated heterocycles. The van der Waals surface area contributed by atoms with Crippen molar-refractivity contribution in [3.8, 4) is 11.3 Å². The first-order valence-corrected chi connectivity index (χ1v) is 10.6. The van der Waals surface area contributed by atoms with Gasteiger partial charge in [0.05, 0.1) is 22.5 Å². The second kappa shape index (κ2) is 9.40. The van der Waals surface area contributed by atoms with Crippen LogP contribution in [0.4, 0.5) is 0 Å². The number of rotatable bonds is 7. The summed E-state index contributed by atoms with van der Waals surface area (Å²) >= 11 is 1.28. The summed E-state index contributed by atoms with van der Waals surface area (Å²) in [6.07, 6.45) is 0. The lowest BCUT2D eigenvalue weighted by Gasteiger charge is -2.09. The summed E-state index contributed by atoms with van der Waals surface area (Å²) in [7, 11) is 0. The van der Waals surface area contributed by atoms with Crippen LogP contribution in [0.3, 0.4) is 0 Å². The molecule has 1 amide bonds. The number of carbonyl (C=O) groups is 2. The van der Waals surface area contributed by atoms with Crippen molar-refractivity contribution in [2.24, 2.45) is 0 Å². The van der Waals surface area contributed by atoms with Crippen LogP contribution < -0.4 is 5.32 Å². The Morgan fingerprint density at radius 1 is 0.871 bits per heavy atom. The smallest absolute Gasteiger partial charge is 0.335 e. The lowest BCUT2D eigenvalue weighted by molar-refractivity contribution is -0.118. The van der Waals surface area contributed by atoms with Crippen molar-refractivity contribution in [3.63, 3.8) is 0 Å². The van der Waals surface area contributed by atoms with Crippen LogP contribution in [0.25, 0.3) is 22.2 Å². The molecular formula is C24H19N3O3S. The minimum atomic E-state index is -0.975. The second-order valence-corrected chi connectivity index (χ2v) is 7.75. The molecule has 154 valence electrons. The second-order valence-electron chi connectivity index (χ2n) is 6.81. The van der Waals surface area contributed by atoms with Crippen molar-refractivity contribution in [2.75, 3.05) is 5.75 Å². The minimum absolute atomic E-state index is 0.148. The van der Waals surface area contributed by atoms with E-state index in [1.54, 1.807) is 12.1 Å². The molecular weight excluding hydrogens is 410 g/mol. The number of para-hydroxylation sites is 1. The van der Waals surface area contributed by atoms with Gasteiger partial charge in [-0.2, -0.15) is 0 Å². The van der Waals surface area contributed by atoms with Crippen LogP contribution in [0.15, 0.2) is 84.0 Å². The number of carbonyl (C=O) groups excluding carboxylic acids is 1. The first-order valence-electron chi connectivity index (χ1n) is 9.64. The first-order chi connectivity index (χ1) is 15.1. The maximum absolute atomic E-state index is 12.3. The number of amides is 1. The normalized spacial score (nSPS) is 10.7. The molecule has 6 nitrogen and oxygen atoms in total. The molecule has 2 N–H and O–H groups in total. The Morgan fingerprint density at radius 2 is 1.58 bits per heavy atom. The van der Waals surface area contributed by atoms with Crippen molar-refractivity contribution in [1.29, 1.82) is 0 Å². The number of nitrogens with zero attached hydrogens (tertiary/aromatic N) is 2. The van der Waals surface area contributed by atoms with Crippen molar-refractivity contribution in [3.05, 3.63) is 90.0 Å². The Hall–Kier alpha value is -3.71. The highest BCUT2D eigenvalue weighted by Gasteiger charge is 2.11. The SMILES string of the molecule is O=C(CSc1nc(-c2ccccc2)c2ccccc2n1)NCc1ccc(C(=O)O)cc1. The molecule has 0 spiro atoms. The Labute approximate surface area is 183 Å². The van der Waals surface area contributed by atoms with Crippen molar-refractivity contribution in [2.45, 2.75) is 11.7 Å². The van der Waals surface area contributed by atoms with Crippen molar-refractivity contribution < 1.29 is 14.7 Å². The molecule has 0 bridgehead atoms. The Kier molecular flexibility index (Phi) is 6.24. The average molecular weight is 430 g/mol. The fourth-order valence-electron chi connectivity index (χ4n) is 3.08. The third-order valence-electron chi connectivity index (χ3n) is 4.65. The van der Waals surface area contributed by atoms with Gasteiger partial charge in [-0.1, -0.05) is 72.4 Å². The monoisotopic (exact) mass is 429 g/mol. The van der Waals surface area contributed by atoms with Gasteiger partial charge in [0, 0.05) is 17.5 Å². The van der Waals surface area contributed by atoms with Gasteiger partial charge >= 0.3 is 5.97 Å². The van der Waals surface area contributed by atoms with E-state index in [0.29, 0.717) is 11.7 Å². The van der Waals surface area contributed by atoms with Crippen molar-refractivity contribution in [1.82, 2.24) is 15.3 Å². The van der Waals surface area contributed by atoms with Crippen LogP contribution in [0.2, 0.25) is 0 Å². The van der Waals surface area contributed by atoms with Gasteiger partial charge in [-0.15, -0.1) is 0 Å². The summed E-state index contributed by atoms with van der Waals surface area (Å²) in [5, 5.41) is 13.3. The quantitative estimate of drug-likeness (QED) is 0.334. The highest BCUT2D eigenvalue weighted by atomic mass is 32.2. The van der Waals surface area contributed by atoms with E-state index >= 15 is 0 Å². The Bertz CT molecular complexity index is 1230. The van der Waals surface area contributed by atoms with E-state index < -0.39 is 5.97 Å². The molecule has 0 saturated carbocycles. The van der Waals surface area contributed by atoms with Gasteiger partial charge in [0.2, 0.25) is 5.91 Å². The molecule has 0 radical (unpaired) electrons. The fraction of sp³-hybridized carbons (Fsp3) is 0.0833. The standard InChI is InChI=1S/C24H19N3O3S/c28-21(25-14-16-10-12-18(13-11-16)23(29)30)15-31-24-26-20-9-5-4-8-19(20)22(27-24)17-6-2-1-3-7-17/h1-13H,14-15H2,(H,25,28)(H,29,30). The van der Waals surface area contributed by atoms with E-state index in [9.17, 15) is 9.59 Å². The molecule has 0 atom stereocenters. The number of hydrogen-bond acceptors (Lipinski definition) is 5. The van der Waals surface area contributed by atoms with Gasteiger partial charge in [-0.25, -0.2) is 14.8 Å². The van der Waals surface area contributed by atoms with Gasteiger partial charge in [0.25, 0.3) is 0 Å². The van der Waals surface area contributed by atoms with E-state index in [2.05, 4.69) is 10.3 Å². The summed E-state index contributed by atoms with van der Waals surface area (Å²) in [5.74, 6) is -0.942. The zero-order valence-corrected chi connectivity index (χ0v) is 17.3. The number of carboxylic acids is 1. The number of aromatic carboxylic acids is 1. The number of thioether (sulfide) groups is 1. The van der Waals surface area contributed by atoms with Crippen LogP contribution in [-0.2, 0) is 11.3 Å². The molecule has 3 aromatic carbocycles. The van der Waals surface area contributed by atoms with Crippen molar-refractivity contribution >= 4 is 34.5 Å². The van der Waals surface area contributed by atoms with Crippen LogP contribution >= 0.6 is 11.8 Å². The van der Waals surface area contributed by atoms with Crippen LogP contribution in [-0.4, -0.2) is 32.7 Å². The number of nitrogens with one attached hydrogen (secondary N) is 1. The first kappa shape index (κ1) is 20.6. The molecule has 0 fully saturated rings. The number of aromatic nitrogens is 2. The van der Waals surface area contributed by atoms with E-state index in [1.165, 1.54) is 23.9 Å². The largest absolute Gasteiger partial charge is 0.478 e. The summed E-state index contributed by atoms with van der Waals surface area (Å²) in [6, 6.07) is 24.2. The highest BCUT2D eigenvalue weighted by Crippen LogP contribution is 2.28. The Morgan fingerprint density at radius 3 is 2.32 bits per heavy atom. The molecule has 1 heterocycles. The molecule has 7 heteroatoms. The number of hydrogen-bond donors (Lipinski definition) is 2. The maximum atomic E-state index is 12.3. The topological polar surface area (TPSA) is 92.2 Å². The predicted molar refractivity (Wildman–Crippen MR) is 121 cm³/mol. The van der Waals surface area contributed by atoms with Gasteiger partial charge in [0.15, 0.2) is 5.16 Å². The van der Waals surface area contributed by atoms with Crippen LogP contribution in [0, 0.1) is 0 Å². The van der Waals surface area contributed by atoms with Crippen LogP contribution in [0.1, 0.15) is 15.9 Å². The van der Waals surface area contributed by atoms with Gasteiger partial charge in [-0.3, -0.25) is 4.79 Å². The number of fused-ring (bicyclic) bond motifs is 1. The molecule has 4 aromatic rings. The van der Waals surface area contributed by atoms with Gasteiger partial charge < -0.3 is 10.4 Å². The van der Waals surface area contributed by atoms with E-state index in [0.717, 1.165) is 27.7 Å². The summed E-state index contributed by atoms with van der Waals surface area (Å²) < 4.78 is 0. The van der Waals surface area contributed by atoms with Gasteiger partial charge in [0.1, 0.15) is 0 Å². The Balaban J connectivity index is 1.44. The predicted octanol–water partition coefficient (Wildman–Crippen LogP) is 4.40. The lowest BCUT2D eigenvalue weighted by atomic mass is 10.1. The third-order valence-corrected chi connectivity index (χ3v) is 5.50. The van der Waals surface area contributed by atoms with Crippen LogP contribution in [0.5, 0.6) is 0 Å². The number of carboxylic acid groups (broad SMARTS) is 1. The zero-order chi connectivity index (χ0) is 21.6. The molecule has 31 heavy (non-hydrogen) atoms. The molecule has 0 aliphatic carbocycles.